The Kier molecular flexibility index (Phi) is 8.41. The van der Waals surface area contributed by atoms with Crippen molar-refractivity contribution in [1.82, 2.24) is 8.61 Å². The van der Waals surface area contributed by atoms with Crippen LogP contribution in [0.15, 0.2) is 51.4 Å². The summed E-state index contributed by atoms with van der Waals surface area (Å²) in [6.45, 7) is 1.92. The third-order valence-corrected chi connectivity index (χ3v) is 15.3. The van der Waals surface area contributed by atoms with Crippen molar-refractivity contribution >= 4 is 53.0 Å². The molecule has 7 rings (SSSR count). The highest BCUT2D eigenvalue weighted by Gasteiger charge is 2.42. The SMILES string of the molecule is O=Nc1c2cc(S(=O)(=O)N3CCCC4(CCCCC4)C3)ccc2c(NO)c2cc(S(=O)(=O)N3CCCC4(CCCCC4)C3)ccc12. The smallest absolute Gasteiger partial charge is 0.243 e. The zero-order valence-corrected chi connectivity index (χ0v) is 28.0. The van der Waals surface area contributed by atoms with Crippen LogP contribution in [-0.2, 0) is 20.0 Å². The molecule has 248 valence electrons. The largest absolute Gasteiger partial charge is 0.291 e. The van der Waals surface area contributed by atoms with Crippen LogP contribution in [-0.4, -0.2) is 56.8 Å². The van der Waals surface area contributed by atoms with Gasteiger partial charge in [-0.2, -0.15) is 8.61 Å². The summed E-state index contributed by atoms with van der Waals surface area (Å²) in [5, 5.41) is 14.9. The second-order valence-electron chi connectivity index (χ2n) is 14.3. The number of hydrogen-bond donors (Lipinski definition) is 2. The van der Waals surface area contributed by atoms with E-state index in [4.69, 9.17) is 0 Å². The Hall–Kier alpha value is -2.64. The maximum Gasteiger partial charge on any atom is 0.243 e. The molecule has 0 aromatic heterocycles. The number of nitrogens with zero attached hydrogens (tertiary/aromatic N) is 3. The van der Waals surface area contributed by atoms with Gasteiger partial charge < -0.3 is 0 Å². The Bertz CT molecular complexity index is 1870. The highest BCUT2D eigenvalue weighted by atomic mass is 32.2. The minimum absolute atomic E-state index is 0.00604. The average molecular weight is 669 g/mol. The third kappa shape index (κ3) is 5.43. The van der Waals surface area contributed by atoms with Gasteiger partial charge in [-0.1, -0.05) is 50.7 Å². The van der Waals surface area contributed by atoms with Crippen LogP contribution < -0.4 is 5.48 Å². The monoisotopic (exact) mass is 668 g/mol. The summed E-state index contributed by atoms with van der Waals surface area (Å²) in [5.74, 6) is 0. The maximum absolute atomic E-state index is 14.0. The molecule has 0 unspecified atom stereocenters. The van der Waals surface area contributed by atoms with Crippen molar-refractivity contribution in [2.24, 2.45) is 16.0 Å². The fraction of sp³-hybridized carbons (Fsp3) is 0.588. The Morgan fingerprint density at radius 1 is 0.609 bits per heavy atom. The first-order valence-corrected chi connectivity index (χ1v) is 19.8. The Balaban J connectivity index is 1.27. The van der Waals surface area contributed by atoms with E-state index in [9.17, 15) is 26.9 Å². The van der Waals surface area contributed by atoms with E-state index in [2.05, 4.69) is 10.7 Å². The second kappa shape index (κ2) is 12.1. The molecular formula is C34H44N4O6S2. The molecule has 3 aromatic carbocycles. The van der Waals surface area contributed by atoms with Gasteiger partial charge >= 0.3 is 0 Å². The molecule has 4 aliphatic rings. The number of rotatable bonds is 6. The van der Waals surface area contributed by atoms with Crippen molar-refractivity contribution in [2.75, 3.05) is 31.7 Å². The molecule has 0 atom stereocenters. The molecule has 0 amide bonds. The Morgan fingerprint density at radius 3 is 1.54 bits per heavy atom. The van der Waals surface area contributed by atoms with Gasteiger partial charge in [0.05, 0.1) is 15.5 Å². The zero-order chi connectivity index (χ0) is 32.2. The number of piperidine rings is 2. The first kappa shape index (κ1) is 31.9. The number of fused-ring (bicyclic) bond motifs is 2. The van der Waals surface area contributed by atoms with E-state index < -0.39 is 20.0 Å². The van der Waals surface area contributed by atoms with E-state index in [1.54, 1.807) is 14.7 Å². The van der Waals surface area contributed by atoms with Crippen molar-refractivity contribution in [3.05, 3.63) is 41.3 Å². The molecule has 0 bridgehead atoms. The van der Waals surface area contributed by atoms with Crippen molar-refractivity contribution in [3.8, 4) is 0 Å². The fourth-order valence-electron chi connectivity index (χ4n) is 9.16. The molecule has 2 heterocycles. The third-order valence-electron chi connectivity index (χ3n) is 11.6. The van der Waals surface area contributed by atoms with Crippen molar-refractivity contribution in [2.45, 2.75) is 99.7 Å². The Morgan fingerprint density at radius 2 is 1.07 bits per heavy atom. The fourth-order valence-corrected chi connectivity index (χ4v) is 12.4. The van der Waals surface area contributed by atoms with E-state index in [1.165, 1.54) is 43.2 Å². The summed E-state index contributed by atoms with van der Waals surface area (Å²) >= 11 is 0. The topological polar surface area (TPSA) is 136 Å². The minimum Gasteiger partial charge on any atom is -0.291 e. The Labute approximate surface area is 271 Å². The lowest BCUT2D eigenvalue weighted by atomic mass is 9.70. The van der Waals surface area contributed by atoms with Gasteiger partial charge in [-0.05, 0) is 91.6 Å². The lowest BCUT2D eigenvalue weighted by molar-refractivity contribution is 0.0965. The summed E-state index contributed by atoms with van der Waals surface area (Å²) in [7, 11) is -7.70. The standard InChI is InChI=1S/C34H44N4O6S2/c39-35-31-28-12-10-26(46(43,44)38-20-8-18-34(24-38)15-5-2-6-16-34)22-30(28)32(36-40)27-11-9-25(21-29(27)31)45(41,42)37-19-7-17-33(23-37)13-3-1-4-14-33/h9-12,21-22,35,39H,1-8,13-20,23-24H2. The lowest BCUT2D eigenvalue weighted by Gasteiger charge is -2.44. The van der Waals surface area contributed by atoms with E-state index in [-0.39, 0.29) is 37.4 Å². The first-order valence-electron chi connectivity index (χ1n) is 16.9. The van der Waals surface area contributed by atoms with Crippen LogP contribution in [0.25, 0.3) is 21.5 Å². The normalized spacial score (nSPS) is 22.8. The van der Waals surface area contributed by atoms with Crippen LogP contribution in [0, 0.1) is 15.7 Å². The molecule has 2 N–H and O–H groups in total. The van der Waals surface area contributed by atoms with E-state index in [0.29, 0.717) is 42.3 Å². The van der Waals surface area contributed by atoms with Gasteiger partial charge in [0, 0.05) is 47.7 Å². The molecular weight excluding hydrogens is 625 g/mol. The van der Waals surface area contributed by atoms with Crippen LogP contribution in [0.5, 0.6) is 0 Å². The molecule has 12 heteroatoms. The van der Waals surface area contributed by atoms with Crippen molar-refractivity contribution < 1.29 is 22.0 Å². The molecule has 4 fully saturated rings. The highest BCUT2D eigenvalue weighted by Crippen LogP contribution is 2.47. The van der Waals surface area contributed by atoms with Crippen LogP contribution in [0.2, 0.25) is 0 Å². The molecule has 2 spiro atoms. The molecule has 3 aromatic rings. The first-order chi connectivity index (χ1) is 22.1. The summed E-state index contributed by atoms with van der Waals surface area (Å²) in [5.41, 5.74) is 2.48. The molecule has 46 heavy (non-hydrogen) atoms. The van der Waals surface area contributed by atoms with Gasteiger partial charge in [-0.25, -0.2) is 16.8 Å². The van der Waals surface area contributed by atoms with Crippen LogP contribution >= 0.6 is 0 Å². The molecule has 2 saturated heterocycles. The van der Waals surface area contributed by atoms with Gasteiger partial charge in [-0.3, -0.25) is 10.7 Å². The summed E-state index contributed by atoms with van der Waals surface area (Å²) < 4.78 is 59.1. The van der Waals surface area contributed by atoms with Crippen LogP contribution in [0.1, 0.15) is 89.9 Å². The lowest BCUT2D eigenvalue weighted by Crippen LogP contribution is -2.46. The number of nitroso groups, excluding NO2 is 1. The van der Waals surface area contributed by atoms with Crippen molar-refractivity contribution in [1.29, 1.82) is 0 Å². The van der Waals surface area contributed by atoms with Gasteiger partial charge in [0.1, 0.15) is 5.69 Å². The number of sulfonamides is 2. The predicted octanol–water partition coefficient (Wildman–Crippen LogP) is 7.66. The van der Waals surface area contributed by atoms with Gasteiger partial charge in [0.15, 0.2) is 0 Å². The van der Waals surface area contributed by atoms with Crippen LogP contribution in [0.3, 0.4) is 0 Å². The summed E-state index contributed by atoms with van der Waals surface area (Å²) in [6.07, 6.45) is 14.8. The van der Waals surface area contributed by atoms with E-state index in [1.807, 2.05) is 0 Å². The highest BCUT2D eigenvalue weighted by molar-refractivity contribution is 7.89. The number of anilines is 1. The number of nitrogens with one attached hydrogen (secondary N) is 1. The van der Waals surface area contributed by atoms with Gasteiger partial charge in [-0.15, -0.1) is 4.91 Å². The summed E-state index contributed by atoms with van der Waals surface area (Å²) in [6, 6.07) is 9.04. The molecule has 2 saturated carbocycles. The number of hydrogen-bond acceptors (Lipinski definition) is 8. The molecule has 10 nitrogen and oxygen atoms in total. The maximum atomic E-state index is 14.0. The zero-order valence-electron chi connectivity index (χ0n) is 26.3. The number of benzene rings is 3. The van der Waals surface area contributed by atoms with Crippen molar-refractivity contribution in [3.63, 3.8) is 0 Å². The predicted molar refractivity (Wildman–Crippen MR) is 179 cm³/mol. The quantitative estimate of drug-likeness (QED) is 0.156. The molecule has 0 radical (unpaired) electrons. The second-order valence-corrected chi connectivity index (χ2v) is 18.2. The van der Waals surface area contributed by atoms with Crippen LogP contribution in [0.4, 0.5) is 11.4 Å². The van der Waals surface area contributed by atoms with E-state index in [0.717, 1.165) is 77.0 Å². The molecule has 2 aliphatic carbocycles. The van der Waals surface area contributed by atoms with Gasteiger partial charge in [0.25, 0.3) is 0 Å². The average Bonchev–Trinajstić information content (AvgIpc) is 3.07. The summed E-state index contributed by atoms with van der Waals surface area (Å²) in [4.78, 5) is 12.5. The molecule has 2 aliphatic heterocycles. The minimum atomic E-state index is -3.86. The van der Waals surface area contributed by atoms with E-state index >= 15 is 0 Å². The van der Waals surface area contributed by atoms with Gasteiger partial charge in [0.2, 0.25) is 20.0 Å².